The molecule has 0 saturated carbocycles. The molecule has 1 aliphatic heterocycles. The SMILES string of the molecule is COc1ccc(NC(=O)CN(c2ccc(C)cc2)S(=O)(=O)c2ccc(C)cc2)cc1S(=O)(=O)N1CCCCC1. The van der Waals surface area contributed by atoms with Crippen LogP contribution in [0.3, 0.4) is 0 Å². The van der Waals surface area contributed by atoms with E-state index in [0.29, 0.717) is 18.8 Å². The third kappa shape index (κ3) is 6.43. The van der Waals surface area contributed by atoms with Gasteiger partial charge < -0.3 is 10.1 Å². The summed E-state index contributed by atoms with van der Waals surface area (Å²) < 4.78 is 61.7. The number of nitrogens with zero attached hydrogens (tertiary/aromatic N) is 2. The summed E-state index contributed by atoms with van der Waals surface area (Å²) in [7, 11) is -6.54. The first-order chi connectivity index (χ1) is 18.5. The summed E-state index contributed by atoms with van der Waals surface area (Å²) >= 11 is 0. The average molecular weight is 572 g/mol. The number of rotatable bonds is 9. The van der Waals surface area contributed by atoms with Crippen LogP contribution in [0.4, 0.5) is 11.4 Å². The van der Waals surface area contributed by atoms with Gasteiger partial charge >= 0.3 is 0 Å². The van der Waals surface area contributed by atoms with Crippen LogP contribution in [-0.4, -0.2) is 53.8 Å². The maximum absolute atomic E-state index is 13.6. The first kappa shape index (κ1) is 28.6. The van der Waals surface area contributed by atoms with Gasteiger partial charge in [-0.2, -0.15) is 4.31 Å². The van der Waals surface area contributed by atoms with Crippen LogP contribution >= 0.6 is 0 Å². The third-order valence-corrected chi connectivity index (χ3v) is 10.3. The van der Waals surface area contributed by atoms with E-state index in [1.54, 1.807) is 36.4 Å². The molecule has 1 N–H and O–H groups in total. The smallest absolute Gasteiger partial charge is 0.264 e. The highest BCUT2D eigenvalue weighted by Crippen LogP contribution is 2.31. The Morgan fingerprint density at radius 3 is 2.05 bits per heavy atom. The molecule has 4 rings (SSSR count). The second kappa shape index (κ2) is 11.8. The van der Waals surface area contributed by atoms with Crippen LogP contribution in [0.2, 0.25) is 0 Å². The van der Waals surface area contributed by atoms with E-state index in [1.165, 1.54) is 41.7 Å². The predicted octanol–water partition coefficient (Wildman–Crippen LogP) is 4.32. The molecule has 0 bridgehead atoms. The number of benzene rings is 3. The van der Waals surface area contributed by atoms with Gasteiger partial charge in [0.25, 0.3) is 10.0 Å². The molecule has 0 spiro atoms. The molecule has 9 nitrogen and oxygen atoms in total. The monoisotopic (exact) mass is 571 g/mol. The van der Waals surface area contributed by atoms with Crippen molar-refractivity contribution in [2.45, 2.75) is 42.9 Å². The fourth-order valence-corrected chi connectivity index (χ4v) is 7.51. The lowest BCUT2D eigenvalue weighted by Crippen LogP contribution is -2.38. The van der Waals surface area contributed by atoms with Crippen LogP contribution in [-0.2, 0) is 24.8 Å². The summed E-state index contributed by atoms with van der Waals surface area (Å²) in [5, 5.41) is 2.67. The fourth-order valence-electron chi connectivity index (χ4n) is 4.39. The van der Waals surface area contributed by atoms with Crippen LogP contribution in [0.1, 0.15) is 30.4 Å². The van der Waals surface area contributed by atoms with E-state index >= 15 is 0 Å². The van der Waals surface area contributed by atoms with Gasteiger partial charge in [0.15, 0.2) is 0 Å². The Bertz CT molecular complexity index is 1530. The summed E-state index contributed by atoms with van der Waals surface area (Å²) in [6.07, 6.45) is 2.53. The van der Waals surface area contributed by atoms with Crippen molar-refractivity contribution in [2.75, 3.05) is 36.4 Å². The Labute approximate surface area is 230 Å². The number of aryl methyl sites for hydroxylation is 2. The Balaban J connectivity index is 1.63. The van der Waals surface area contributed by atoms with Gasteiger partial charge in [-0.25, -0.2) is 16.8 Å². The van der Waals surface area contributed by atoms with Crippen LogP contribution in [0.5, 0.6) is 5.75 Å². The third-order valence-electron chi connectivity index (χ3n) is 6.60. The van der Waals surface area contributed by atoms with E-state index in [-0.39, 0.29) is 21.2 Å². The van der Waals surface area contributed by atoms with E-state index in [0.717, 1.165) is 34.7 Å². The zero-order valence-corrected chi connectivity index (χ0v) is 23.9. The summed E-state index contributed by atoms with van der Waals surface area (Å²) in [4.78, 5) is 13.2. The number of hydrogen-bond donors (Lipinski definition) is 1. The lowest BCUT2D eigenvalue weighted by atomic mass is 10.2. The number of carbonyl (C=O) groups is 1. The highest BCUT2D eigenvalue weighted by Gasteiger charge is 2.30. The van der Waals surface area contributed by atoms with Gasteiger partial charge in [0.2, 0.25) is 15.9 Å². The molecule has 1 amide bonds. The van der Waals surface area contributed by atoms with Gasteiger partial charge in [0.1, 0.15) is 17.2 Å². The number of piperidine rings is 1. The minimum Gasteiger partial charge on any atom is -0.495 e. The van der Waals surface area contributed by atoms with Gasteiger partial charge in [-0.3, -0.25) is 9.10 Å². The minimum absolute atomic E-state index is 0.0487. The van der Waals surface area contributed by atoms with Gasteiger partial charge in [0.05, 0.1) is 17.7 Å². The van der Waals surface area contributed by atoms with Crippen molar-refractivity contribution in [2.24, 2.45) is 0 Å². The van der Waals surface area contributed by atoms with Gasteiger partial charge in [0, 0.05) is 18.8 Å². The largest absolute Gasteiger partial charge is 0.495 e. The van der Waals surface area contributed by atoms with Crippen molar-refractivity contribution >= 4 is 37.3 Å². The number of methoxy groups -OCH3 is 1. The molecule has 1 heterocycles. The summed E-state index contributed by atoms with van der Waals surface area (Å²) in [6, 6.07) is 17.6. The minimum atomic E-state index is -4.08. The molecule has 3 aromatic rings. The van der Waals surface area contributed by atoms with Crippen LogP contribution in [0.25, 0.3) is 0 Å². The number of anilines is 2. The first-order valence-electron chi connectivity index (χ1n) is 12.7. The summed E-state index contributed by atoms with van der Waals surface area (Å²) in [5.74, 6) is -0.459. The maximum atomic E-state index is 13.6. The Morgan fingerprint density at radius 2 is 1.46 bits per heavy atom. The molecule has 0 radical (unpaired) electrons. The number of hydrogen-bond acceptors (Lipinski definition) is 6. The molecule has 1 fully saturated rings. The number of ether oxygens (including phenoxy) is 1. The quantitative estimate of drug-likeness (QED) is 0.409. The molecule has 1 aliphatic rings. The first-order valence-corrected chi connectivity index (χ1v) is 15.5. The van der Waals surface area contributed by atoms with Gasteiger partial charge in [-0.05, 0) is 69.2 Å². The molecule has 11 heteroatoms. The standard InChI is InChI=1S/C28H33N3O6S2/c1-21-7-12-24(13-8-21)31(38(33,34)25-14-9-22(2)10-15-25)20-28(32)29-23-11-16-26(37-3)27(19-23)39(35,36)30-17-5-4-6-18-30/h7-16,19H,4-6,17-18,20H2,1-3H3,(H,29,32). The molecule has 0 aliphatic carbocycles. The Morgan fingerprint density at radius 1 is 0.872 bits per heavy atom. The summed E-state index contributed by atoms with van der Waals surface area (Å²) in [6.45, 7) is 4.07. The number of sulfonamides is 2. The molecule has 0 atom stereocenters. The predicted molar refractivity (Wildman–Crippen MR) is 151 cm³/mol. The number of nitrogens with one attached hydrogen (secondary N) is 1. The van der Waals surface area contributed by atoms with E-state index in [9.17, 15) is 21.6 Å². The zero-order valence-electron chi connectivity index (χ0n) is 22.3. The second-order valence-electron chi connectivity index (χ2n) is 9.54. The average Bonchev–Trinajstić information content (AvgIpc) is 2.93. The van der Waals surface area contributed by atoms with E-state index < -0.39 is 32.5 Å². The molecule has 3 aromatic carbocycles. The fraction of sp³-hybridized carbons (Fsp3) is 0.321. The lowest BCUT2D eigenvalue weighted by molar-refractivity contribution is -0.114. The highest BCUT2D eigenvalue weighted by molar-refractivity contribution is 7.92. The van der Waals surface area contributed by atoms with Crippen LogP contribution in [0, 0.1) is 13.8 Å². The number of amides is 1. The second-order valence-corrected chi connectivity index (χ2v) is 13.3. The van der Waals surface area contributed by atoms with Gasteiger partial charge in [-0.1, -0.05) is 41.8 Å². The van der Waals surface area contributed by atoms with Crippen molar-refractivity contribution in [1.82, 2.24) is 4.31 Å². The zero-order chi connectivity index (χ0) is 28.2. The van der Waals surface area contributed by atoms with Crippen molar-refractivity contribution in [3.63, 3.8) is 0 Å². The lowest BCUT2D eigenvalue weighted by Gasteiger charge is -2.27. The van der Waals surface area contributed by atoms with Crippen molar-refractivity contribution in [3.05, 3.63) is 77.9 Å². The van der Waals surface area contributed by atoms with E-state index in [2.05, 4.69) is 5.32 Å². The van der Waals surface area contributed by atoms with Crippen molar-refractivity contribution in [3.8, 4) is 5.75 Å². The molecule has 1 saturated heterocycles. The van der Waals surface area contributed by atoms with Gasteiger partial charge in [-0.15, -0.1) is 0 Å². The maximum Gasteiger partial charge on any atom is 0.264 e. The van der Waals surface area contributed by atoms with E-state index in [1.807, 2.05) is 13.8 Å². The molecular formula is C28H33N3O6S2. The van der Waals surface area contributed by atoms with Crippen LogP contribution < -0.4 is 14.4 Å². The summed E-state index contributed by atoms with van der Waals surface area (Å²) in [5.41, 5.74) is 2.40. The highest BCUT2D eigenvalue weighted by atomic mass is 32.2. The van der Waals surface area contributed by atoms with Crippen molar-refractivity contribution < 1.29 is 26.4 Å². The normalized spacial score (nSPS) is 14.5. The Kier molecular flexibility index (Phi) is 8.63. The number of carbonyl (C=O) groups excluding carboxylic acids is 1. The molecule has 39 heavy (non-hydrogen) atoms. The molecule has 0 unspecified atom stereocenters. The molecule has 0 aromatic heterocycles. The van der Waals surface area contributed by atoms with Crippen LogP contribution in [0.15, 0.2) is 76.5 Å². The van der Waals surface area contributed by atoms with Crippen molar-refractivity contribution in [1.29, 1.82) is 0 Å². The Hall–Kier alpha value is -3.41. The topological polar surface area (TPSA) is 113 Å². The molecule has 208 valence electrons. The van der Waals surface area contributed by atoms with E-state index in [4.69, 9.17) is 4.74 Å². The molecular weight excluding hydrogens is 538 g/mol.